The van der Waals surface area contributed by atoms with Crippen LogP contribution >= 0.6 is 0 Å². The Morgan fingerprint density at radius 2 is 2.24 bits per heavy atom. The third-order valence-electron chi connectivity index (χ3n) is 5.49. The highest BCUT2D eigenvalue weighted by Crippen LogP contribution is 2.63. The van der Waals surface area contributed by atoms with Gasteiger partial charge in [0.2, 0.25) is 0 Å². The summed E-state index contributed by atoms with van der Waals surface area (Å²) in [4.78, 5) is 9.62. The monoisotopic (exact) mass is 284 g/mol. The van der Waals surface area contributed by atoms with Crippen molar-refractivity contribution in [2.75, 3.05) is 13.2 Å². The first kappa shape index (κ1) is 13.0. The molecule has 2 aromatic rings. The fourth-order valence-corrected chi connectivity index (χ4v) is 4.21. The van der Waals surface area contributed by atoms with Gasteiger partial charge in [-0.25, -0.2) is 0 Å². The van der Waals surface area contributed by atoms with Crippen molar-refractivity contribution in [2.24, 2.45) is 17.7 Å². The van der Waals surface area contributed by atoms with Gasteiger partial charge in [-0.3, -0.25) is 4.98 Å². The highest BCUT2D eigenvalue weighted by atomic mass is 16.6. The zero-order chi connectivity index (χ0) is 14.6. The maximum Gasteiger partial charge on any atom is 0.158 e. The van der Waals surface area contributed by atoms with Gasteiger partial charge in [0.05, 0.1) is 12.1 Å². The molecule has 4 heteroatoms. The molecule has 1 aliphatic heterocycles. The average molecular weight is 284 g/mol. The molecular weight excluding hydrogens is 264 g/mol. The molecule has 2 heterocycles. The minimum Gasteiger partial charge on any atom is -0.411 e. The number of ether oxygens (including phenoxy) is 1. The summed E-state index contributed by atoms with van der Waals surface area (Å²) in [6, 6.07) is 8.41. The molecule has 4 rings (SSSR count). The first-order valence-corrected chi connectivity index (χ1v) is 7.53. The van der Waals surface area contributed by atoms with Crippen molar-refractivity contribution < 1.29 is 9.57 Å². The van der Waals surface area contributed by atoms with Crippen molar-refractivity contribution in [1.29, 1.82) is 0 Å². The summed E-state index contributed by atoms with van der Waals surface area (Å²) in [5.74, 6) is 7.46. The molecule has 2 fully saturated rings. The predicted molar refractivity (Wildman–Crippen MR) is 81.1 cm³/mol. The Kier molecular flexibility index (Phi) is 2.75. The van der Waals surface area contributed by atoms with Crippen LogP contribution in [0.1, 0.15) is 24.6 Å². The molecule has 1 aliphatic carbocycles. The number of hydrogen-bond acceptors (Lipinski definition) is 4. The Hall–Kier alpha value is -1.65. The zero-order valence-corrected chi connectivity index (χ0v) is 12.4. The highest BCUT2D eigenvalue weighted by molar-refractivity contribution is 5.86. The van der Waals surface area contributed by atoms with E-state index >= 15 is 0 Å². The van der Waals surface area contributed by atoms with E-state index in [0.717, 1.165) is 36.2 Å². The van der Waals surface area contributed by atoms with E-state index in [1.807, 2.05) is 13.0 Å². The first-order chi connectivity index (χ1) is 10.2. The lowest BCUT2D eigenvalue weighted by Gasteiger charge is -2.23. The van der Waals surface area contributed by atoms with Crippen LogP contribution in [0.2, 0.25) is 0 Å². The van der Waals surface area contributed by atoms with Gasteiger partial charge < -0.3 is 9.57 Å². The van der Waals surface area contributed by atoms with Gasteiger partial charge >= 0.3 is 0 Å². The number of nitrogens with two attached hydrogens (primary N) is 1. The number of pyridine rings is 1. The standard InChI is InChI=1S/C17H20N2O2/c1-10-7-16(21-18)13-8-12(3-4-15(13)19-10)17-5-6-20-9-14(17)11(17)2/h3-4,7-8,11,14H,5-6,9,18H2,1-2H3/t11-,14?,17?/m1/s1. The number of hydrogen-bond donors (Lipinski definition) is 1. The van der Waals surface area contributed by atoms with Gasteiger partial charge in [-0.05, 0) is 42.9 Å². The van der Waals surface area contributed by atoms with E-state index in [9.17, 15) is 0 Å². The van der Waals surface area contributed by atoms with Crippen LogP contribution in [0, 0.1) is 18.8 Å². The number of benzene rings is 1. The third kappa shape index (κ3) is 1.72. The van der Waals surface area contributed by atoms with Gasteiger partial charge in [-0.15, -0.1) is 0 Å². The van der Waals surface area contributed by atoms with Crippen LogP contribution in [-0.2, 0) is 10.2 Å². The van der Waals surface area contributed by atoms with Gasteiger partial charge in [0.15, 0.2) is 5.75 Å². The van der Waals surface area contributed by atoms with Gasteiger partial charge in [-0.2, -0.15) is 5.90 Å². The molecule has 1 aromatic heterocycles. The second-order valence-corrected chi connectivity index (χ2v) is 6.37. The van der Waals surface area contributed by atoms with Crippen LogP contribution in [0.4, 0.5) is 0 Å². The minimum atomic E-state index is 0.281. The van der Waals surface area contributed by atoms with Crippen molar-refractivity contribution in [3.05, 3.63) is 35.5 Å². The van der Waals surface area contributed by atoms with Crippen molar-refractivity contribution >= 4 is 10.9 Å². The molecule has 0 bridgehead atoms. The van der Waals surface area contributed by atoms with Crippen LogP contribution in [0.25, 0.3) is 10.9 Å². The largest absolute Gasteiger partial charge is 0.411 e. The normalized spacial score (nSPS) is 31.0. The van der Waals surface area contributed by atoms with Crippen LogP contribution in [0.5, 0.6) is 5.75 Å². The second kappa shape index (κ2) is 4.42. The molecule has 21 heavy (non-hydrogen) atoms. The predicted octanol–water partition coefficient (Wildman–Crippen LogP) is 2.72. The molecular formula is C17H20N2O2. The summed E-state index contributed by atoms with van der Waals surface area (Å²) in [6.07, 6.45) is 1.10. The van der Waals surface area contributed by atoms with E-state index in [2.05, 4.69) is 30.1 Å². The lowest BCUT2D eigenvalue weighted by Crippen LogP contribution is -2.22. The SMILES string of the molecule is Cc1cc(ON)c2cc(C34CCOCC3[C@H]4C)ccc2n1. The molecule has 4 nitrogen and oxygen atoms in total. The number of aryl methyl sites for hydroxylation is 1. The quantitative estimate of drug-likeness (QED) is 0.861. The summed E-state index contributed by atoms with van der Waals surface area (Å²) >= 11 is 0. The van der Waals surface area contributed by atoms with Crippen LogP contribution in [0.3, 0.4) is 0 Å². The van der Waals surface area contributed by atoms with E-state index < -0.39 is 0 Å². The average Bonchev–Trinajstić information content (AvgIpc) is 3.12. The third-order valence-corrected chi connectivity index (χ3v) is 5.49. The molecule has 110 valence electrons. The molecule has 3 atom stereocenters. The van der Waals surface area contributed by atoms with Gasteiger partial charge in [0.1, 0.15) is 0 Å². The Balaban J connectivity index is 1.86. The van der Waals surface area contributed by atoms with E-state index in [-0.39, 0.29) is 5.41 Å². The molecule has 0 amide bonds. The molecule has 0 radical (unpaired) electrons. The molecule has 2 aliphatic rings. The van der Waals surface area contributed by atoms with Crippen molar-refractivity contribution in [3.8, 4) is 5.75 Å². The van der Waals surface area contributed by atoms with E-state index in [1.165, 1.54) is 5.56 Å². The maximum absolute atomic E-state index is 5.63. The topological polar surface area (TPSA) is 57.4 Å². The molecule has 2 unspecified atom stereocenters. The first-order valence-electron chi connectivity index (χ1n) is 7.53. The Bertz CT molecular complexity index is 715. The number of nitrogens with zero attached hydrogens (tertiary/aromatic N) is 1. The Morgan fingerprint density at radius 1 is 1.38 bits per heavy atom. The van der Waals surface area contributed by atoms with Crippen LogP contribution in [-0.4, -0.2) is 18.2 Å². The summed E-state index contributed by atoms with van der Waals surface area (Å²) < 4.78 is 5.63. The smallest absolute Gasteiger partial charge is 0.158 e. The minimum absolute atomic E-state index is 0.281. The van der Waals surface area contributed by atoms with E-state index in [0.29, 0.717) is 17.6 Å². The van der Waals surface area contributed by atoms with E-state index in [4.69, 9.17) is 15.5 Å². The fraction of sp³-hybridized carbons (Fsp3) is 0.471. The second-order valence-electron chi connectivity index (χ2n) is 6.37. The van der Waals surface area contributed by atoms with E-state index in [1.54, 1.807) is 0 Å². The lowest BCUT2D eigenvalue weighted by atomic mass is 9.87. The summed E-state index contributed by atoms with van der Waals surface area (Å²) in [5.41, 5.74) is 3.51. The number of aromatic nitrogens is 1. The summed E-state index contributed by atoms with van der Waals surface area (Å²) in [5, 5.41) is 0.999. The van der Waals surface area contributed by atoms with Gasteiger partial charge in [-0.1, -0.05) is 13.0 Å². The van der Waals surface area contributed by atoms with Crippen LogP contribution in [0.15, 0.2) is 24.3 Å². The maximum atomic E-state index is 5.63. The number of rotatable bonds is 2. The molecule has 1 saturated carbocycles. The van der Waals surface area contributed by atoms with Gasteiger partial charge in [0, 0.05) is 29.2 Å². The molecule has 1 aromatic carbocycles. The van der Waals surface area contributed by atoms with Crippen LogP contribution < -0.4 is 10.7 Å². The zero-order valence-electron chi connectivity index (χ0n) is 12.4. The van der Waals surface area contributed by atoms with Crippen molar-refractivity contribution in [3.63, 3.8) is 0 Å². The molecule has 2 N–H and O–H groups in total. The highest BCUT2D eigenvalue weighted by Gasteiger charge is 2.63. The summed E-state index contributed by atoms with van der Waals surface area (Å²) in [7, 11) is 0. The fourth-order valence-electron chi connectivity index (χ4n) is 4.21. The van der Waals surface area contributed by atoms with Crippen molar-refractivity contribution in [2.45, 2.75) is 25.7 Å². The lowest BCUT2D eigenvalue weighted by molar-refractivity contribution is 0.0801. The molecule has 1 saturated heterocycles. The Morgan fingerprint density at radius 3 is 3.00 bits per heavy atom. The molecule has 0 spiro atoms. The summed E-state index contributed by atoms with van der Waals surface area (Å²) in [6.45, 7) is 6.01. The Labute approximate surface area is 124 Å². The van der Waals surface area contributed by atoms with Crippen molar-refractivity contribution in [1.82, 2.24) is 4.98 Å². The van der Waals surface area contributed by atoms with Gasteiger partial charge in [0.25, 0.3) is 0 Å². The number of fused-ring (bicyclic) bond motifs is 2.